The molecular weight excluding hydrogens is 402 g/mol. The molecule has 27 heavy (non-hydrogen) atoms. The molecule has 1 heterocycles. The van der Waals surface area contributed by atoms with E-state index in [-0.39, 0.29) is 32.8 Å². The van der Waals surface area contributed by atoms with Crippen LogP contribution in [0.15, 0.2) is 53.6 Å². The molecule has 0 fully saturated rings. The minimum atomic E-state index is -4.30. The van der Waals surface area contributed by atoms with E-state index in [2.05, 4.69) is 14.7 Å². The number of anilines is 2. The summed E-state index contributed by atoms with van der Waals surface area (Å²) in [4.78, 5) is 6.85. The van der Waals surface area contributed by atoms with Gasteiger partial charge in [0.1, 0.15) is 16.4 Å². The molecule has 0 saturated carbocycles. The maximum atomic E-state index is 14.1. The van der Waals surface area contributed by atoms with Gasteiger partial charge >= 0.3 is 0 Å². The van der Waals surface area contributed by atoms with Gasteiger partial charge < -0.3 is 10.7 Å². The van der Waals surface area contributed by atoms with Crippen LogP contribution >= 0.6 is 11.6 Å². The first-order valence-electron chi connectivity index (χ1n) is 7.30. The van der Waals surface area contributed by atoms with Crippen molar-refractivity contribution in [3.05, 3.63) is 70.8 Å². The average Bonchev–Trinajstić information content (AvgIpc) is 2.64. The van der Waals surface area contributed by atoms with Crippen molar-refractivity contribution in [1.29, 1.82) is 0 Å². The van der Waals surface area contributed by atoms with E-state index in [4.69, 9.17) is 11.6 Å². The molecule has 2 N–H and O–H groups in total. The minimum absolute atomic E-state index is 0.0608. The normalized spacial score (nSPS) is 11.3. The van der Waals surface area contributed by atoms with Crippen molar-refractivity contribution in [3.63, 3.8) is 0 Å². The number of aromatic nitrogens is 2. The van der Waals surface area contributed by atoms with E-state index in [1.54, 1.807) is 0 Å². The van der Waals surface area contributed by atoms with Crippen LogP contribution in [0.1, 0.15) is 0 Å². The van der Waals surface area contributed by atoms with Gasteiger partial charge in [0.2, 0.25) is 5.28 Å². The summed E-state index contributed by atoms with van der Waals surface area (Å²) in [7, 11) is -4.30. The van der Waals surface area contributed by atoms with Gasteiger partial charge in [-0.25, -0.2) is 27.2 Å². The van der Waals surface area contributed by atoms with Crippen LogP contribution < -0.4 is 10.2 Å². The summed E-state index contributed by atoms with van der Waals surface area (Å²) in [6.07, 6.45) is 0.808. The number of benzene rings is 2. The van der Waals surface area contributed by atoms with Crippen molar-refractivity contribution in [1.82, 2.24) is 9.97 Å². The lowest BCUT2D eigenvalue weighted by molar-refractivity contribution is 0.601. The van der Waals surface area contributed by atoms with Crippen LogP contribution in [0.2, 0.25) is 5.28 Å². The maximum absolute atomic E-state index is 14.1. The zero-order valence-corrected chi connectivity index (χ0v) is 14.9. The molecule has 0 aliphatic carbocycles. The minimum Gasteiger partial charge on any atom is -0.761 e. The second-order valence-corrected chi connectivity index (χ2v) is 7.22. The fraction of sp³-hybridized carbons (Fsp3) is 0. The third-order valence-corrected chi connectivity index (χ3v) is 5.09. The molecule has 0 bridgehead atoms. The van der Waals surface area contributed by atoms with Gasteiger partial charge in [0.15, 0.2) is 5.82 Å². The summed E-state index contributed by atoms with van der Waals surface area (Å²) in [5.41, 5.74) is 0.646. The predicted molar refractivity (Wildman–Crippen MR) is 96.6 cm³/mol. The fourth-order valence-electron chi connectivity index (χ4n) is 2.33. The van der Waals surface area contributed by atoms with Gasteiger partial charge in [0.25, 0.3) is 10.0 Å². The second kappa shape index (κ2) is 7.43. The number of halogens is 3. The van der Waals surface area contributed by atoms with Gasteiger partial charge in [-0.15, -0.1) is 0 Å². The van der Waals surface area contributed by atoms with E-state index >= 15 is 0 Å². The van der Waals surface area contributed by atoms with Crippen LogP contribution in [0, 0.1) is 16.8 Å². The van der Waals surface area contributed by atoms with Crippen LogP contribution in [0.5, 0.6) is 0 Å². The SMILES string of the molecule is O=S(=O)(Nc1cc(F)ccc1-c1nc(Cl)ncc1F)c1ccccc1N[O-]. The Kier molecular flexibility index (Phi) is 5.22. The van der Waals surface area contributed by atoms with Crippen LogP contribution in [0.3, 0.4) is 0 Å². The fourth-order valence-corrected chi connectivity index (χ4v) is 3.69. The summed E-state index contributed by atoms with van der Waals surface area (Å²) in [5.74, 6) is -1.65. The highest BCUT2D eigenvalue weighted by Crippen LogP contribution is 2.32. The molecule has 0 aliphatic rings. The van der Waals surface area contributed by atoms with Crippen molar-refractivity contribution in [2.75, 3.05) is 10.2 Å². The molecule has 11 heteroatoms. The summed E-state index contributed by atoms with van der Waals surface area (Å²) in [6.45, 7) is 0. The van der Waals surface area contributed by atoms with Crippen molar-refractivity contribution < 1.29 is 17.2 Å². The molecular formula is C16H10ClF2N4O3S-. The molecule has 3 aromatic rings. The third-order valence-electron chi connectivity index (χ3n) is 3.48. The Labute approximate surface area is 157 Å². The van der Waals surface area contributed by atoms with Gasteiger partial charge in [-0.2, -0.15) is 0 Å². The Morgan fingerprint density at radius 1 is 1.07 bits per heavy atom. The Morgan fingerprint density at radius 2 is 1.81 bits per heavy atom. The molecule has 0 radical (unpaired) electrons. The molecule has 0 aliphatic heterocycles. The number of hydrogen-bond donors (Lipinski definition) is 2. The highest BCUT2D eigenvalue weighted by Gasteiger charge is 2.21. The highest BCUT2D eigenvalue weighted by atomic mass is 35.5. The summed E-state index contributed by atoms with van der Waals surface area (Å²) >= 11 is 5.67. The van der Waals surface area contributed by atoms with Gasteiger partial charge in [-0.1, -0.05) is 12.1 Å². The monoisotopic (exact) mass is 411 g/mol. The summed E-state index contributed by atoms with van der Waals surface area (Å²) < 4.78 is 55.3. The first-order valence-corrected chi connectivity index (χ1v) is 9.16. The Hall–Kier alpha value is -2.82. The topological polar surface area (TPSA) is 107 Å². The van der Waals surface area contributed by atoms with E-state index in [1.165, 1.54) is 29.7 Å². The summed E-state index contributed by atoms with van der Waals surface area (Å²) in [5, 5.41) is 10.7. The summed E-state index contributed by atoms with van der Waals surface area (Å²) in [6, 6.07) is 8.33. The smallest absolute Gasteiger partial charge is 0.263 e. The lowest BCUT2D eigenvalue weighted by atomic mass is 10.1. The molecule has 0 spiro atoms. The van der Waals surface area contributed by atoms with Gasteiger partial charge in [-0.05, 0) is 41.9 Å². The number of sulfonamides is 1. The van der Waals surface area contributed by atoms with Gasteiger partial charge in [0, 0.05) is 11.3 Å². The van der Waals surface area contributed by atoms with E-state index in [0.717, 1.165) is 24.4 Å². The number of nitrogens with one attached hydrogen (secondary N) is 2. The first-order chi connectivity index (χ1) is 12.8. The number of nitrogens with zero attached hydrogens (tertiary/aromatic N) is 2. The van der Waals surface area contributed by atoms with E-state index in [9.17, 15) is 22.4 Å². The number of rotatable bonds is 5. The molecule has 140 valence electrons. The lowest BCUT2D eigenvalue weighted by Gasteiger charge is -2.17. The average molecular weight is 412 g/mol. The largest absolute Gasteiger partial charge is 0.761 e. The van der Waals surface area contributed by atoms with Crippen molar-refractivity contribution in [2.45, 2.75) is 4.90 Å². The molecule has 0 unspecified atom stereocenters. The van der Waals surface area contributed by atoms with Crippen LogP contribution in [-0.2, 0) is 10.0 Å². The van der Waals surface area contributed by atoms with Crippen molar-refractivity contribution in [2.24, 2.45) is 0 Å². The molecule has 1 aromatic heterocycles. The van der Waals surface area contributed by atoms with Crippen LogP contribution in [0.4, 0.5) is 20.2 Å². The Morgan fingerprint density at radius 3 is 2.56 bits per heavy atom. The molecule has 0 saturated heterocycles. The molecule has 7 nitrogen and oxygen atoms in total. The van der Waals surface area contributed by atoms with E-state index in [1.807, 2.05) is 0 Å². The Bertz CT molecular complexity index is 1110. The molecule has 0 amide bonds. The maximum Gasteiger partial charge on any atom is 0.263 e. The number of para-hydroxylation sites is 1. The Balaban J connectivity index is 2.12. The first kappa shape index (κ1) is 19.0. The molecule has 3 rings (SSSR count). The third kappa shape index (κ3) is 3.97. The zero-order valence-electron chi connectivity index (χ0n) is 13.3. The van der Waals surface area contributed by atoms with Gasteiger partial charge in [0.05, 0.1) is 11.9 Å². The molecule has 0 atom stereocenters. The van der Waals surface area contributed by atoms with Crippen LogP contribution in [-0.4, -0.2) is 18.4 Å². The van der Waals surface area contributed by atoms with Crippen molar-refractivity contribution >= 4 is 33.0 Å². The number of hydrogen-bond acceptors (Lipinski definition) is 6. The lowest BCUT2D eigenvalue weighted by Crippen LogP contribution is -2.15. The van der Waals surface area contributed by atoms with E-state index < -0.39 is 21.7 Å². The van der Waals surface area contributed by atoms with Gasteiger partial charge in [-0.3, -0.25) is 4.72 Å². The molecule has 2 aromatic carbocycles. The quantitative estimate of drug-likeness (QED) is 0.488. The van der Waals surface area contributed by atoms with Crippen LogP contribution in [0.25, 0.3) is 11.3 Å². The van der Waals surface area contributed by atoms with Crippen molar-refractivity contribution in [3.8, 4) is 11.3 Å². The zero-order chi connectivity index (χ0) is 19.6. The second-order valence-electron chi connectivity index (χ2n) is 5.23. The van der Waals surface area contributed by atoms with E-state index in [0.29, 0.717) is 0 Å². The highest BCUT2D eigenvalue weighted by molar-refractivity contribution is 7.93. The standard InChI is InChI=1S/C16H10ClF2N4O3S/c17-16-20-8-11(19)15(21-16)10-6-5-9(18)7-13(10)23-27(25,26)14-4-2-1-3-12(14)22-24/h1-8,22-23H/q-1. The predicted octanol–water partition coefficient (Wildman–Crippen LogP) is 3.79.